The Morgan fingerprint density at radius 1 is 1.14 bits per heavy atom. The number of rotatable bonds is 12. The smallest absolute Gasteiger partial charge is 0.194 e. The second kappa shape index (κ2) is 15.4. The summed E-state index contributed by atoms with van der Waals surface area (Å²) < 4.78 is 11.1. The minimum Gasteiger partial charge on any atom is -0.379 e. The Balaban J connectivity index is 0.00000392. The van der Waals surface area contributed by atoms with Crippen LogP contribution in [0.5, 0.6) is 0 Å². The van der Waals surface area contributed by atoms with Crippen molar-refractivity contribution in [1.82, 2.24) is 15.2 Å². The average molecular weight is 525 g/mol. The van der Waals surface area contributed by atoms with Crippen molar-refractivity contribution >= 4 is 41.3 Å². The van der Waals surface area contributed by atoms with E-state index in [1.165, 1.54) is 41.3 Å². The number of guanidine groups is 1. The number of halogens is 1. The van der Waals surface area contributed by atoms with Crippen molar-refractivity contribution in [2.75, 3.05) is 46.6 Å². The predicted molar refractivity (Wildman–Crippen MR) is 128 cm³/mol. The molecule has 0 radical (unpaired) electrons. The summed E-state index contributed by atoms with van der Waals surface area (Å²) in [5, 5.41) is 4.55. The zero-order valence-corrected chi connectivity index (χ0v) is 20.8. The lowest BCUT2D eigenvalue weighted by molar-refractivity contribution is 0.0497. The van der Waals surface area contributed by atoms with Crippen LogP contribution in [0, 0.1) is 0 Å². The van der Waals surface area contributed by atoms with Gasteiger partial charge < -0.3 is 19.7 Å². The molecular formula is C20H37IN4O2S. The van der Waals surface area contributed by atoms with E-state index in [1.54, 1.807) is 0 Å². The van der Waals surface area contributed by atoms with Gasteiger partial charge in [-0.15, -0.1) is 35.3 Å². The van der Waals surface area contributed by atoms with Gasteiger partial charge in [0.2, 0.25) is 0 Å². The van der Waals surface area contributed by atoms with Gasteiger partial charge in [-0.25, -0.2) is 4.98 Å². The fourth-order valence-electron chi connectivity index (χ4n) is 3.01. The first-order valence-electron chi connectivity index (χ1n) is 10.4. The molecule has 0 aromatic carbocycles. The third kappa shape index (κ3) is 9.37. The van der Waals surface area contributed by atoms with Crippen molar-refractivity contribution in [3.8, 4) is 0 Å². The minimum absolute atomic E-state index is 0. The average Bonchev–Trinajstić information content (AvgIpc) is 3.08. The maximum absolute atomic E-state index is 5.61. The lowest BCUT2D eigenvalue weighted by Crippen LogP contribution is -2.38. The van der Waals surface area contributed by atoms with Crippen molar-refractivity contribution in [1.29, 1.82) is 0 Å². The quantitative estimate of drug-likeness (QED) is 0.195. The van der Waals surface area contributed by atoms with Crippen LogP contribution in [0.3, 0.4) is 0 Å². The Bertz CT molecular complexity index is 545. The number of aromatic nitrogens is 1. The fourth-order valence-corrected chi connectivity index (χ4v) is 4.22. The van der Waals surface area contributed by atoms with Crippen LogP contribution in [0.4, 0.5) is 0 Å². The summed E-state index contributed by atoms with van der Waals surface area (Å²) in [6, 6.07) is 0. The Kier molecular flexibility index (Phi) is 14.1. The number of nitrogens with zero attached hydrogens (tertiary/aromatic N) is 3. The van der Waals surface area contributed by atoms with Crippen molar-refractivity contribution in [3.05, 3.63) is 15.6 Å². The largest absolute Gasteiger partial charge is 0.379 e. The molecule has 0 saturated heterocycles. The zero-order valence-electron chi connectivity index (χ0n) is 17.7. The molecule has 0 aliphatic heterocycles. The van der Waals surface area contributed by atoms with Gasteiger partial charge in [-0.3, -0.25) is 4.99 Å². The summed E-state index contributed by atoms with van der Waals surface area (Å²) in [5.74, 6) is 0.911. The van der Waals surface area contributed by atoms with Gasteiger partial charge in [-0.2, -0.15) is 0 Å². The molecule has 0 saturated carbocycles. The van der Waals surface area contributed by atoms with Crippen LogP contribution < -0.4 is 5.32 Å². The Hall–Kier alpha value is -0.450. The molecule has 0 amide bonds. The molecule has 0 atom stereocenters. The molecule has 1 aromatic heterocycles. The van der Waals surface area contributed by atoms with Crippen LogP contribution in [0.2, 0.25) is 0 Å². The molecular weight excluding hydrogens is 487 g/mol. The molecule has 6 nitrogen and oxygen atoms in total. The number of nitrogens with one attached hydrogen (secondary N) is 1. The predicted octanol–water partition coefficient (Wildman–Crippen LogP) is 3.87. The first-order chi connectivity index (χ1) is 13.2. The van der Waals surface area contributed by atoms with Crippen LogP contribution >= 0.6 is 35.3 Å². The summed E-state index contributed by atoms with van der Waals surface area (Å²) in [6.45, 7) is 9.30. The molecule has 162 valence electrons. The second-order valence-corrected chi connectivity index (χ2v) is 8.02. The van der Waals surface area contributed by atoms with Crippen LogP contribution in [-0.4, -0.2) is 62.4 Å². The van der Waals surface area contributed by atoms with Gasteiger partial charge in [0, 0.05) is 25.1 Å². The third-order valence-corrected chi connectivity index (χ3v) is 5.61. The number of aliphatic imine (C=N–C) groups is 1. The first-order valence-corrected chi connectivity index (χ1v) is 11.2. The van der Waals surface area contributed by atoms with Crippen molar-refractivity contribution in [3.63, 3.8) is 0 Å². The molecule has 2 rings (SSSR count). The highest BCUT2D eigenvalue weighted by Gasteiger charge is 2.16. The highest BCUT2D eigenvalue weighted by molar-refractivity contribution is 14.0. The fraction of sp³-hybridized carbons (Fsp3) is 0.800. The SMILES string of the molecule is CCCCOCCOCCN=C(NCC)N(C)Cc1nc2c(s1)CCCC2.I. The topological polar surface area (TPSA) is 59.0 Å². The van der Waals surface area contributed by atoms with E-state index in [4.69, 9.17) is 14.5 Å². The molecule has 1 aliphatic carbocycles. The number of unbranched alkanes of at least 4 members (excludes halogenated alkanes) is 1. The summed E-state index contributed by atoms with van der Waals surface area (Å²) >= 11 is 1.87. The van der Waals surface area contributed by atoms with Crippen molar-refractivity contribution in [2.45, 2.75) is 58.9 Å². The molecule has 0 unspecified atom stereocenters. The van der Waals surface area contributed by atoms with Gasteiger partial charge in [-0.05, 0) is 39.0 Å². The van der Waals surface area contributed by atoms with Gasteiger partial charge in [0.1, 0.15) is 5.01 Å². The molecule has 1 N–H and O–H groups in total. The summed E-state index contributed by atoms with van der Waals surface area (Å²) in [5.41, 5.74) is 1.33. The number of fused-ring (bicyclic) bond motifs is 1. The number of thiazole rings is 1. The number of hydrogen-bond donors (Lipinski definition) is 1. The monoisotopic (exact) mass is 524 g/mol. The van der Waals surface area contributed by atoms with E-state index in [1.807, 2.05) is 11.3 Å². The van der Waals surface area contributed by atoms with Crippen LogP contribution in [0.1, 0.15) is 55.1 Å². The highest BCUT2D eigenvalue weighted by atomic mass is 127. The van der Waals surface area contributed by atoms with E-state index in [0.29, 0.717) is 26.4 Å². The molecule has 1 aromatic rings. The molecule has 0 fully saturated rings. The molecule has 0 spiro atoms. The van der Waals surface area contributed by atoms with E-state index in [9.17, 15) is 0 Å². The lowest BCUT2D eigenvalue weighted by atomic mass is 10.0. The molecule has 0 bridgehead atoms. The van der Waals surface area contributed by atoms with Gasteiger partial charge in [0.05, 0.1) is 38.6 Å². The molecule has 28 heavy (non-hydrogen) atoms. The normalized spacial score (nSPS) is 13.8. The Morgan fingerprint density at radius 2 is 1.89 bits per heavy atom. The third-order valence-electron chi connectivity index (χ3n) is 4.47. The number of ether oxygens (including phenoxy) is 2. The lowest BCUT2D eigenvalue weighted by Gasteiger charge is -2.21. The van der Waals surface area contributed by atoms with Crippen LogP contribution in [0.15, 0.2) is 4.99 Å². The van der Waals surface area contributed by atoms with E-state index < -0.39 is 0 Å². The summed E-state index contributed by atoms with van der Waals surface area (Å²) in [6.07, 6.45) is 7.20. The standard InChI is InChI=1S/C20H36N4O2S.HI/c1-4-6-12-25-14-15-26-13-11-22-20(21-5-2)24(3)16-19-23-17-9-7-8-10-18(17)27-19;/h4-16H2,1-3H3,(H,21,22);1H. The Morgan fingerprint density at radius 3 is 2.61 bits per heavy atom. The van der Waals surface area contributed by atoms with E-state index in [0.717, 1.165) is 38.5 Å². The van der Waals surface area contributed by atoms with Crippen molar-refractivity contribution < 1.29 is 9.47 Å². The van der Waals surface area contributed by atoms with Gasteiger partial charge in [0.15, 0.2) is 5.96 Å². The summed E-state index contributed by atoms with van der Waals surface area (Å²) in [7, 11) is 2.07. The number of aryl methyl sites for hydroxylation is 2. The maximum atomic E-state index is 5.61. The van der Waals surface area contributed by atoms with E-state index >= 15 is 0 Å². The maximum Gasteiger partial charge on any atom is 0.194 e. The molecule has 1 heterocycles. The summed E-state index contributed by atoms with van der Waals surface area (Å²) in [4.78, 5) is 13.2. The minimum atomic E-state index is 0. The van der Waals surface area contributed by atoms with Gasteiger partial charge >= 0.3 is 0 Å². The first kappa shape index (κ1) is 25.6. The van der Waals surface area contributed by atoms with E-state index in [-0.39, 0.29) is 24.0 Å². The molecule has 1 aliphatic rings. The van der Waals surface area contributed by atoms with Crippen molar-refractivity contribution in [2.24, 2.45) is 4.99 Å². The van der Waals surface area contributed by atoms with Crippen LogP contribution in [-0.2, 0) is 28.9 Å². The van der Waals surface area contributed by atoms with Gasteiger partial charge in [-0.1, -0.05) is 13.3 Å². The highest BCUT2D eigenvalue weighted by Crippen LogP contribution is 2.27. The molecule has 8 heteroatoms. The zero-order chi connectivity index (χ0) is 19.3. The van der Waals surface area contributed by atoms with E-state index in [2.05, 4.69) is 36.1 Å². The number of hydrogen-bond acceptors (Lipinski definition) is 5. The Labute approximate surface area is 191 Å². The second-order valence-electron chi connectivity index (χ2n) is 6.85. The van der Waals surface area contributed by atoms with Crippen LogP contribution in [0.25, 0.3) is 0 Å². The van der Waals surface area contributed by atoms with Gasteiger partial charge in [0.25, 0.3) is 0 Å².